The lowest BCUT2D eigenvalue weighted by atomic mass is 9.85. The highest BCUT2D eigenvalue weighted by atomic mass is 16.3. The lowest BCUT2D eigenvalue weighted by Crippen LogP contribution is -2.54. The van der Waals surface area contributed by atoms with E-state index in [9.17, 15) is 19.2 Å². The first-order chi connectivity index (χ1) is 12.9. The van der Waals surface area contributed by atoms with Crippen LogP contribution in [0, 0.1) is 17.8 Å². The topological polar surface area (TPSA) is 109 Å². The summed E-state index contributed by atoms with van der Waals surface area (Å²) in [5.74, 6) is -2.53. The molecule has 1 aliphatic heterocycles. The van der Waals surface area contributed by atoms with Crippen LogP contribution in [0.5, 0.6) is 0 Å². The third-order valence-electron chi connectivity index (χ3n) is 4.89. The molecule has 2 aliphatic rings. The Kier molecular flexibility index (Phi) is 5.43. The van der Waals surface area contributed by atoms with Crippen LogP contribution in [-0.2, 0) is 14.4 Å². The normalized spacial score (nSPS) is 22.7. The molecule has 1 aliphatic carbocycles. The second-order valence-electron chi connectivity index (χ2n) is 7.27. The highest BCUT2D eigenvalue weighted by Crippen LogP contribution is 2.37. The molecule has 0 unspecified atom stereocenters. The third-order valence-corrected chi connectivity index (χ3v) is 4.89. The van der Waals surface area contributed by atoms with Crippen LogP contribution in [0.15, 0.2) is 35.0 Å². The first-order valence-electron chi connectivity index (χ1n) is 9.05. The number of imide groups is 1. The molecule has 1 saturated heterocycles. The summed E-state index contributed by atoms with van der Waals surface area (Å²) in [6, 6.07) is 2.04. The molecule has 0 radical (unpaired) electrons. The van der Waals surface area contributed by atoms with Gasteiger partial charge >= 0.3 is 5.91 Å². The fourth-order valence-corrected chi connectivity index (χ4v) is 3.58. The summed E-state index contributed by atoms with van der Waals surface area (Å²) in [5, 5.41) is 0. The van der Waals surface area contributed by atoms with Gasteiger partial charge < -0.3 is 4.42 Å². The minimum Gasteiger partial charge on any atom is -0.459 e. The molecule has 2 heterocycles. The van der Waals surface area contributed by atoms with Crippen LogP contribution in [0.1, 0.15) is 43.7 Å². The van der Waals surface area contributed by atoms with Crippen LogP contribution >= 0.6 is 0 Å². The number of nitrogens with one attached hydrogen (secondary N) is 2. The van der Waals surface area contributed by atoms with Crippen LogP contribution < -0.4 is 10.9 Å². The fourth-order valence-electron chi connectivity index (χ4n) is 3.58. The molecule has 2 N–H and O–H groups in total. The van der Waals surface area contributed by atoms with Gasteiger partial charge in [0.05, 0.1) is 18.1 Å². The molecule has 8 nitrogen and oxygen atoms in total. The number of allylic oxidation sites excluding steroid dienone is 2. The van der Waals surface area contributed by atoms with E-state index < -0.39 is 29.7 Å². The molecule has 1 fully saturated rings. The Morgan fingerprint density at radius 3 is 2.30 bits per heavy atom. The van der Waals surface area contributed by atoms with Crippen LogP contribution in [0.3, 0.4) is 0 Å². The van der Waals surface area contributed by atoms with E-state index in [1.54, 1.807) is 6.07 Å². The van der Waals surface area contributed by atoms with Crippen molar-refractivity contribution in [3.05, 3.63) is 36.3 Å². The number of nitrogens with zero attached hydrogens (tertiary/aromatic N) is 1. The van der Waals surface area contributed by atoms with Gasteiger partial charge in [-0.05, 0) is 37.3 Å². The van der Waals surface area contributed by atoms with Crippen molar-refractivity contribution in [3.63, 3.8) is 0 Å². The minimum atomic E-state index is -0.965. The van der Waals surface area contributed by atoms with Crippen LogP contribution in [-0.4, -0.2) is 34.6 Å². The van der Waals surface area contributed by atoms with Gasteiger partial charge in [-0.1, -0.05) is 26.0 Å². The molecular weight excluding hydrogens is 350 g/mol. The zero-order chi connectivity index (χ0) is 19.6. The molecule has 1 aromatic rings. The average Bonchev–Trinajstić information content (AvgIpc) is 3.26. The summed E-state index contributed by atoms with van der Waals surface area (Å²) in [6.45, 7) is 3.81. The second kappa shape index (κ2) is 7.77. The van der Waals surface area contributed by atoms with Crippen molar-refractivity contribution >= 4 is 23.6 Å². The van der Waals surface area contributed by atoms with E-state index in [0.29, 0.717) is 19.3 Å². The van der Waals surface area contributed by atoms with Gasteiger partial charge in [0, 0.05) is 0 Å². The zero-order valence-corrected chi connectivity index (χ0v) is 15.3. The number of amides is 4. The lowest BCUT2D eigenvalue weighted by molar-refractivity contribution is -0.148. The van der Waals surface area contributed by atoms with Gasteiger partial charge in [0.15, 0.2) is 5.76 Å². The predicted octanol–water partition coefficient (Wildman–Crippen LogP) is 1.41. The Morgan fingerprint density at radius 1 is 1.15 bits per heavy atom. The Bertz CT molecular complexity index is 742. The van der Waals surface area contributed by atoms with Crippen LogP contribution in [0.2, 0.25) is 0 Å². The standard InChI is InChI=1S/C19H23N3O5/c1-11(2)10-14(16(23)20-21-17(24)15-8-5-9-27-15)22-18(25)12-6-3-4-7-13(12)19(22)26/h3-5,8-9,11-14H,6-7,10H2,1-2H3,(H,20,23)(H,21,24)/t12-,13+,14-/m0/s1. The maximum absolute atomic E-state index is 12.8. The SMILES string of the molecule is CC(C)C[C@@H](C(=O)NNC(=O)c1ccco1)N1C(=O)[C@H]2CC=CC[C@H]2C1=O. The first-order valence-corrected chi connectivity index (χ1v) is 9.05. The Morgan fingerprint density at radius 2 is 1.78 bits per heavy atom. The number of hydrogen-bond donors (Lipinski definition) is 2. The van der Waals surface area contributed by atoms with Gasteiger partial charge in [-0.2, -0.15) is 0 Å². The van der Waals surface area contributed by atoms with Crippen molar-refractivity contribution < 1.29 is 23.6 Å². The van der Waals surface area contributed by atoms with Gasteiger partial charge in [0.1, 0.15) is 6.04 Å². The zero-order valence-electron chi connectivity index (χ0n) is 15.3. The van der Waals surface area contributed by atoms with Gasteiger partial charge in [-0.15, -0.1) is 0 Å². The number of fused-ring (bicyclic) bond motifs is 1. The van der Waals surface area contributed by atoms with Crippen molar-refractivity contribution in [1.29, 1.82) is 0 Å². The number of likely N-dealkylation sites (tertiary alicyclic amines) is 1. The van der Waals surface area contributed by atoms with Gasteiger partial charge in [0.25, 0.3) is 5.91 Å². The highest BCUT2D eigenvalue weighted by Gasteiger charge is 2.51. The number of carbonyl (C=O) groups is 4. The Balaban J connectivity index is 1.73. The van der Waals surface area contributed by atoms with Gasteiger partial charge in [0.2, 0.25) is 11.8 Å². The highest BCUT2D eigenvalue weighted by molar-refractivity contribution is 6.08. The molecule has 8 heteroatoms. The monoisotopic (exact) mass is 373 g/mol. The smallest absolute Gasteiger partial charge is 0.305 e. The Labute approximate surface area is 156 Å². The summed E-state index contributed by atoms with van der Waals surface area (Å²) < 4.78 is 4.96. The molecule has 0 aromatic carbocycles. The molecule has 3 atom stereocenters. The van der Waals surface area contributed by atoms with Crippen LogP contribution in [0.25, 0.3) is 0 Å². The molecule has 144 valence electrons. The predicted molar refractivity (Wildman–Crippen MR) is 94.8 cm³/mol. The third kappa shape index (κ3) is 3.79. The number of furan rings is 1. The Hall–Kier alpha value is -2.90. The maximum Gasteiger partial charge on any atom is 0.305 e. The summed E-state index contributed by atoms with van der Waals surface area (Å²) in [4.78, 5) is 51.3. The van der Waals surface area contributed by atoms with Gasteiger partial charge in [-0.3, -0.25) is 34.9 Å². The van der Waals surface area contributed by atoms with Crippen molar-refractivity contribution in [2.24, 2.45) is 17.8 Å². The van der Waals surface area contributed by atoms with Crippen molar-refractivity contribution in [2.75, 3.05) is 0 Å². The van der Waals surface area contributed by atoms with E-state index >= 15 is 0 Å². The van der Waals surface area contributed by atoms with Gasteiger partial charge in [-0.25, -0.2) is 0 Å². The second-order valence-corrected chi connectivity index (χ2v) is 7.27. The maximum atomic E-state index is 12.8. The summed E-state index contributed by atoms with van der Waals surface area (Å²) >= 11 is 0. The molecule has 0 bridgehead atoms. The van der Waals surface area contributed by atoms with E-state index in [-0.39, 0.29) is 23.5 Å². The number of carbonyl (C=O) groups excluding carboxylic acids is 4. The first kappa shape index (κ1) is 18.9. The molecule has 1 aromatic heterocycles. The number of hydrogen-bond acceptors (Lipinski definition) is 5. The summed E-state index contributed by atoms with van der Waals surface area (Å²) in [6.07, 6.45) is 6.48. The molecule has 27 heavy (non-hydrogen) atoms. The lowest BCUT2D eigenvalue weighted by Gasteiger charge is -2.27. The summed E-state index contributed by atoms with van der Waals surface area (Å²) in [7, 11) is 0. The number of hydrazine groups is 1. The van der Waals surface area contributed by atoms with E-state index in [2.05, 4.69) is 10.9 Å². The van der Waals surface area contributed by atoms with E-state index in [1.165, 1.54) is 12.3 Å². The minimum absolute atomic E-state index is 0.0427. The number of rotatable bonds is 5. The van der Waals surface area contributed by atoms with Crippen molar-refractivity contribution in [2.45, 2.75) is 39.2 Å². The summed E-state index contributed by atoms with van der Waals surface area (Å²) in [5.41, 5.74) is 4.58. The van der Waals surface area contributed by atoms with E-state index in [0.717, 1.165) is 4.90 Å². The van der Waals surface area contributed by atoms with Crippen molar-refractivity contribution in [3.8, 4) is 0 Å². The molecule has 0 spiro atoms. The fraction of sp³-hybridized carbons (Fsp3) is 0.474. The molecule has 4 amide bonds. The average molecular weight is 373 g/mol. The van der Waals surface area contributed by atoms with Crippen molar-refractivity contribution in [1.82, 2.24) is 15.8 Å². The van der Waals surface area contributed by atoms with E-state index in [1.807, 2.05) is 26.0 Å². The largest absolute Gasteiger partial charge is 0.459 e. The molecular formula is C19H23N3O5. The van der Waals surface area contributed by atoms with E-state index in [4.69, 9.17) is 4.42 Å². The quantitative estimate of drug-likeness (QED) is 0.461. The van der Waals surface area contributed by atoms with Crippen LogP contribution in [0.4, 0.5) is 0 Å². The molecule has 3 rings (SSSR count). The molecule has 0 saturated carbocycles.